The van der Waals surface area contributed by atoms with Crippen LogP contribution in [0.25, 0.3) is 66.4 Å². The highest BCUT2D eigenvalue weighted by Gasteiger charge is 2.37. The van der Waals surface area contributed by atoms with Crippen molar-refractivity contribution < 1.29 is 0 Å². The van der Waals surface area contributed by atoms with E-state index >= 15 is 0 Å². The van der Waals surface area contributed by atoms with Gasteiger partial charge in [0.1, 0.15) is 0 Å². The van der Waals surface area contributed by atoms with Crippen molar-refractivity contribution in [1.82, 2.24) is 0 Å². The number of rotatable bonds is 7. The normalized spacial score (nSPS) is 12.6. The van der Waals surface area contributed by atoms with Gasteiger partial charge in [0, 0.05) is 22.2 Å². The van der Waals surface area contributed by atoms with Crippen molar-refractivity contribution in [2.24, 2.45) is 0 Å². The molecule has 0 saturated heterocycles. The van der Waals surface area contributed by atoms with E-state index in [2.05, 4.69) is 231 Å². The Hall–Kier alpha value is -6.96. The van der Waals surface area contributed by atoms with Crippen LogP contribution in [0.3, 0.4) is 0 Å². The molecule has 1 nitrogen and oxygen atoms in total. The summed E-state index contributed by atoms with van der Waals surface area (Å²) >= 11 is 0. The van der Waals surface area contributed by atoms with Crippen molar-refractivity contribution in [2.45, 2.75) is 19.3 Å². The standard InChI is InChI=1S/C55H41N/c1-55(2)48-31-15-14-27-46(48)53-47(30-16-32-49(53)55)54-45(40-22-8-4-9-23-40)29-18-34-51(54)56(43-36-35-38-19-12-13-26-42(38)37-43)50-33-17-28-44(39-20-6-3-7-21-39)52(50)41-24-10-5-11-25-41/h3-37H,1-2H3. The molecule has 0 spiro atoms. The van der Waals surface area contributed by atoms with Gasteiger partial charge in [0.25, 0.3) is 0 Å². The van der Waals surface area contributed by atoms with E-state index in [1.54, 1.807) is 0 Å². The summed E-state index contributed by atoms with van der Waals surface area (Å²) in [6, 6.07) is 77.8. The Morgan fingerprint density at radius 3 is 1.48 bits per heavy atom. The molecule has 266 valence electrons. The summed E-state index contributed by atoms with van der Waals surface area (Å²) in [5.41, 5.74) is 18.1. The summed E-state index contributed by atoms with van der Waals surface area (Å²) in [5, 5.41) is 2.42. The molecule has 0 aromatic heterocycles. The van der Waals surface area contributed by atoms with Gasteiger partial charge in [0.2, 0.25) is 0 Å². The third-order valence-corrected chi connectivity index (χ3v) is 11.7. The van der Waals surface area contributed by atoms with Crippen LogP contribution in [0.4, 0.5) is 17.1 Å². The fourth-order valence-corrected chi connectivity index (χ4v) is 9.05. The Morgan fingerprint density at radius 1 is 0.321 bits per heavy atom. The smallest absolute Gasteiger partial charge is 0.0546 e. The SMILES string of the molecule is CC1(C)c2ccccc2-c2c(-c3c(-c4ccccc4)cccc3N(c3ccc4ccccc4c3)c3cccc(-c4ccccc4)c3-c3ccccc3)cccc21. The molecule has 0 fully saturated rings. The van der Waals surface area contributed by atoms with Crippen LogP contribution in [-0.2, 0) is 5.41 Å². The Morgan fingerprint density at radius 2 is 0.804 bits per heavy atom. The first-order chi connectivity index (χ1) is 27.6. The number of hydrogen-bond acceptors (Lipinski definition) is 1. The predicted octanol–water partition coefficient (Wildman–Crippen LogP) is 15.3. The molecule has 0 heterocycles. The van der Waals surface area contributed by atoms with Gasteiger partial charge in [-0.2, -0.15) is 0 Å². The lowest BCUT2D eigenvalue weighted by Gasteiger charge is -2.32. The number of hydrogen-bond donors (Lipinski definition) is 0. The first-order valence-corrected chi connectivity index (χ1v) is 19.5. The maximum Gasteiger partial charge on any atom is 0.0546 e. The molecule has 10 rings (SSSR count). The third-order valence-electron chi connectivity index (χ3n) is 11.7. The van der Waals surface area contributed by atoms with Crippen LogP contribution in [0.15, 0.2) is 212 Å². The van der Waals surface area contributed by atoms with Gasteiger partial charge < -0.3 is 4.90 Å². The highest BCUT2D eigenvalue weighted by Crippen LogP contribution is 2.56. The summed E-state index contributed by atoms with van der Waals surface area (Å²) in [4.78, 5) is 2.52. The molecular formula is C55H41N. The van der Waals surface area contributed by atoms with E-state index in [-0.39, 0.29) is 5.41 Å². The second kappa shape index (κ2) is 13.7. The third kappa shape index (κ3) is 5.55. The van der Waals surface area contributed by atoms with Crippen molar-refractivity contribution in [3.63, 3.8) is 0 Å². The molecule has 9 aromatic carbocycles. The molecule has 9 aromatic rings. The van der Waals surface area contributed by atoms with Crippen LogP contribution in [0.2, 0.25) is 0 Å². The van der Waals surface area contributed by atoms with Crippen LogP contribution in [0.1, 0.15) is 25.0 Å². The van der Waals surface area contributed by atoms with E-state index in [9.17, 15) is 0 Å². The Bertz CT molecular complexity index is 2870. The van der Waals surface area contributed by atoms with Gasteiger partial charge in [-0.1, -0.05) is 202 Å². The van der Waals surface area contributed by atoms with E-state index in [4.69, 9.17) is 0 Å². The highest BCUT2D eigenvalue weighted by atomic mass is 15.1. The van der Waals surface area contributed by atoms with Gasteiger partial charge in [-0.15, -0.1) is 0 Å². The fraction of sp³-hybridized carbons (Fsp3) is 0.0545. The molecule has 1 aliphatic rings. The zero-order valence-corrected chi connectivity index (χ0v) is 31.7. The van der Waals surface area contributed by atoms with Crippen molar-refractivity contribution in [3.8, 4) is 55.6 Å². The zero-order valence-electron chi connectivity index (χ0n) is 31.7. The Labute approximate surface area is 329 Å². The summed E-state index contributed by atoms with van der Waals surface area (Å²) in [6.45, 7) is 4.74. The van der Waals surface area contributed by atoms with Crippen LogP contribution in [0.5, 0.6) is 0 Å². The molecule has 0 unspecified atom stereocenters. The molecular weight excluding hydrogens is 675 g/mol. The number of benzene rings is 9. The number of nitrogens with zero attached hydrogens (tertiary/aromatic N) is 1. The first-order valence-electron chi connectivity index (χ1n) is 19.5. The van der Waals surface area contributed by atoms with Crippen LogP contribution in [-0.4, -0.2) is 0 Å². The van der Waals surface area contributed by atoms with E-state index in [1.807, 2.05) is 0 Å². The number of fused-ring (bicyclic) bond motifs is 4. The zero-order chi connectivity index (χ0) is 37.6. The van der Waals surface area contributed by atoms with Crippen LogP contribution in [0, 0.1) is 0 Å². The minimum absolute atomic E-state index is 0.133. The lowest BCUT2D eigenvalue weighted by atomic mass is 9.81. The molecule has 0 radical (unpaired) electrons. The molecule has 56 heavy (non-hydrogen) atoms. The van der Waals surface area contributed by atoms with Gasteiger partial charge >= 0.3 is 0 Å². The topological polar surface area (TPSA) is 3.24 Å². The molecule has 0 atom stereocenters. The minimum atomic E-state index is -0.133. The fourth-order valence-electron chi connectivity index (χ4n) is 9.05. The van der Waals surface area contributed by atoms with Gasteiger partial charge in [-0.05, 0) is 90.7 Å². The maximum absolute atomic E-state index is 2.52. The van der Waals surface area contributed by atoms with Crippen LogP contribution >= 0.6 is 0 Å². The summed E-state index contributed by atoms with van der Waals surface area (Å²) in [7, 11) is 0. The molecule has 0 saturated carbocycles. The first kappa shape index (κ1) is 33.6. The lowest BCUT2D eigenvalue weighted by molar-refractivity contribution is 0.660. The summed E-state index contributed by atoms with van der Waals surface area (Å²) in [5.74, 6) is 0. The van der Waals surface area contributed by atoms with E-state index < -0.39 is 0 Å². The van der Waals surface area contributed by atoms with Crippen molar-refractivity contribution in [1.29, 1.82) is 0 Å². The van der Waals surface area contributed by atoms with Gasteiger partial charge in [-0.25, -0.2) is 0 Å². The average molecular weight is 716 g/mol. The Balaban J connectivity index is 1.35. The van der Waals surface area contributed by atoms with Gasteiger partial charge in [-0.3, -0.25) is 0 Å². The quantitative estimate of drug-likeness (QED) is 0.159. The Kier molecular flexibility index (Phi) is 8.23. The van der Waals surface area contributed by atoms with Crippen molar-refractivity contribution in [3.05, 3.63) is 223 Å². The van der Waals surface area contributed by atoms with E-state index in [0.29, 0.717) is 0 Å². The maximum atomic E-state index is 2.52. The summed E-state index contributed by atoms with van der Waals surface area (Å²) in [6.07, 6.45) is 0. The summed E-state index contributed by atoms with van der Waals surface area (Å²) < 4.78 is 0. The van der Waals surface area contributed by atoms with Gasteiger partial charge in [0.15, 0.2) is 0 Å². The van der Waals surface area contributed by atoms with Crippen molar-refractivity contribution in [2.75, 3.05) is 4.90 Å². The minimum Gasteiger partial charge on any atom is -0.309 e. The van der Waals surface area contributed by atoms with Gasteiger partial charge in [0.05, 0.1) is 11.4 Å². The second-order valence-electron chi connectivity index (χ2n) is 15.3. The van der Waals surface area contributed by atoms with E-state index in [0.717, 1.165) is 17.1 Å². The highest BCUT2D eigenvalue weighted by molar-refractivity contribution is 6.06. The molecule has 1 heteroatoms. The van der Waals surface area contributed by atoms with Crippen molar-refractivity contribution >= 4 is 27.8 Å². The molecule has 0 bridgehead atoms. The second-order valence-corrected chi connectivity index (χ2v) is 15.3. The van der Waals surface area contributed by atoms with Crippen LogP contribution < -0.4 is 4.90 Å². The number of anilines is 3. The molecule has 0 aliphatic heterocycles. The molecule has 0 amide bonds. The average Bonchev–Trinajstić information content (AvgIpc) is 3.50. The molecule has 0 N–H and O–H groups in total. The largest absolute Gasteiger partial charge is 0.309 e. The lowest BCUT2D eigenvalue weighted by Crippen LogP contribution is -2.15. The predicted molar refractivity (Wildman–Crippen MR) is 238 cm³/mol. The molecule has 1 aliphatic carbocycles. The van der Waals surface area contributed by atoms with E-state index in [1.165, 1.54) is 77.5 Å². The monoisotopic (exact) mass is 715 g/mol.